The summed E-state index contributed by atoms with van der Waals surface area (Å²) in [5, 5.41) is 10.1. The average Bonchev–Trinajstić information content (AvgIpc) is 2.92. The second kappa shape index (κ2) is 12.0. The molecule has 0 unspecified atom stereocenters. The topological polar surface area (TPSA) is 61.7 Å². The number of hydrogen-bond acceptors (Lipinski definition) is 6. The minimum Gasteiger partial charge on any atom is -0.496 e. The highest BCUT2D eigenvalue weighted by Gasteiger charge is 2.61. The number of likely N-dealkylation sites (N-methyl/N-ethyl adjacent to an activating group) is 1. The third-order valence-corrected chi connectivity index (χ3v) is 8.09. The summed E-state index contributed by atoms with van der Waals surface area (Å²) >= 11 is 0. The molecule has 1 saturated heterocycles. The van der Waals surface area contributed by atoms with Crippen LogP contribution in [0.4, 0.5) is 24.7 Å². The lowest BCUT2D eigenvalue weighted by Gasteiger charge is -2.42. The third-order valence-electron chi connectivity index (χ3n) is 8.09. The van der Waals surface area contributed by atoms with Crippen LogP contribution in [0, 0.1) is 0 Å². The predicted octanol–water partition coefficient (Wildman–Crippen LogP) is 6.46. The van der Waals surface area contributed by atoms with Gasteiger partial charge in [-0.2, -0.15) is 13.2 Å². The maximum absolute atomic E-state index is 14.2. The zero-order valence-corrected chi connectivity index (χ0v) is 23.3. The molecule has 9 heteroatoms. The molecule has 5 rings (SSSR count). The zero-order chi connectivity index (χ0) is 28.2. The monoisotopic (exact) mass is 544 g/mol. The summed E-state index contributed by atoms with van der Waals surface area (Å²) in [6.45, 7) is 5.79. The van der Waals surface area contributed by atoms with E-state index in [9.17, 15) is 18.3 Å². The molecule has 0 radical (unpaired) electrons. The molecule has 1 aliphatic carbocycles. The van der Waals surface area contributed by atoms with Gasteiger partial charge in [-0.05, 0) is 61.4 Å². The van der Waals surface area contributed by atoms with Crippen LogP contribution in [0.25, 0.3) is 10.9 Å². The Kier molecular flexibility index (Phi) is 8.89. The van der Waals surface area contributed by atoms with Crippen LogP contribution in [0.5, 0.6) is 5.75 Å². The van der Waals surface area contributed by atoms with Crippen LogP contribution in [-0.2, 0) is 5.41 Å². The number of rotatable bonds is 7. The maximum atomic E-state index is 14.2. The van der Waals surface area contributed by atoms with E-state index in [2.05, 4.69) is 20.9 Å². The molecule has 0 amide bonds. The van der Waals surface area contributed by atoms with E-state index < -0.39 is 11.6 Å². The van der Waals surface area contributed by atoms with Crippen LogP contribution in [-0.4, -0.2) is 61.6 Å². The number of hydrogen-bond donors (Lipinski definition) is 1. The Labute approximate surface area is 228 Å². The highest BCUT2D eigenvalue weighted by Crippen LogP contribution is 2.54. The molecule has 6 nitrogen and oxygen atoms in total. The van der Waals surface area contributed by atoms with E-state index in [1.54, 1.807) is 13.2 Å². The van der Waals surface area contributed by atoms with E-state index >= 15 is 0 Å². The van der Waals surface area contributed by atoms with Gasteiger partial charge >= 0.3 is 6.18 Å². The molecule has 2 aromatic carbocycles. The number of ether oxygens (including phenoxy) is 1. The SMILES string of the molecule is CC.COc1ccccc1C1CCN(c2nc(C3(C(F)(F)F)CCC3)nc3ccc(N(C)CCO)cc23)CC1. The van der Waals surface area contributed by atoms with Crippen molar-refractivity contribution in [2.45, 2.75) is 63.5 Å². The van der Waals surface area contributed by atoms with Crippen LogP contribution in [0.3, 0.4) is 0 Å². The number of aliphatic hydroxyl groups is 1. The van der Waals surface area contributed by atoms with E-state index in [-0.39, 0.29) is 25.3 Å². The fraction of sp³-hybridized carbons (Fsp3) is 0.533. The van der Waals surface area contributed by atoms with E-state index in [4.69, 9.17) is 4.74 Å². The van der Waals surface area contributed by atoms with Crippen LogP contribution >= 0.6 is 0 Å². The lowest BCUT2D eigenvalue weighted by Crippen LogP contribution is -2.49. The first-order chi connectivity index (χ1) is 18.8. The number of benzene rings is 2. The van der Waals surface area contributed by atoms with Gasteiger partial charge in [0, 0.05) is 37.8 Å². The predicted molar refractivity (Wildman–Crippen MR) is 150 cm³/mol. The lowest BCUT2D eigenvalue weighted by molar-refractivity contribution is -0.215. The van der Waals surface area contributed by atoms with Crippen LogP contribution < -0.4 is 14.5 Å². The van der Waals surface area contributed by atoms with Crippen LogP contribution in [0.1, 0.15) is 63.3 Å². The molecule has 39 heavy (non-hydrogen) atoms. The Morgan fingerprint density at radius 1 is 1.08 bits per heavy atom. The van der Waals surface area contributed by atoms with Gasteiger partial charge in [0.1, 0.15) is 22.8 Å². The van der Waals surface area contributed by atoms with Gasteiger partial charge in [-0.25, -0.2) is 9.97 Å². The summed E-state index contributed by atoms with van der Waals surface area (Å²) in [6.07, 6.45) is -2.14. The van der Waals surface area contributed by atoms with Crippen LogP contribution in [0.15, 0.2) is 42.5 Å². The molecule has 0 atom stereocenters. The van der Waals surface area contributed by atoms with Crippen molar-refractivity contribution in [1.82, 2.24) is 9.97 Å². The minimum atomic E-state index is -4.39. The molecule has 2 heterocycles. The van der Waals surface area contributed by atoms with Gasteiger partial charge < -0.3 is 19.6 Å². The molecule has 2 fully saturated rings. The second-order valence-corrected chi connectivity index (χ2v) is 10.2. The Bertz CT molecular complexity index is 1250. The first-order valence-electron chi connectivity index (χ1n) is 13.9. The molecular weight excluding hydrogens is 505 g/mol. The number of anilines is 2. The van der Waals surface area contributed by atoms with E-state index in [1.807, 2.05) is 56.1 Å². The highest BCUT2D eigenvalue weighted by molar-refractivity contribution is 5.92. The number of para-hydroxylation sites is 1. The van der Waals surface area contributed by atoms with E-state index in [1.165, 1.54) is 0 Å². The van der Waals surface area contributed by atoms with Crippen molar-refractivity contribution in [2.24, 2.45) is 0 Å². The van der Waals surface area contributed by atoms with Gasteiger partial charge in [0.25, 0.3) is 0 Å². The van der Waals surface area contributed by atoms with Gasteiger partial charge in [0.05, 0.1) is 19.2 Å². The zero-order valence-electron chi connectivity index (χ0n) is 23.3. The largest absolute Gasteiger partial charge is 0.496 e. The van der Waals surface area contributed by atoms with Gasteiger partial charge in [0.15, 0.2) is 0 Å². The van der Waals surface area contributed by atoms with Crippen molar-refractivity contribution in [2.75, 3.05) is 50.2 Å². The molecule has 1 saturated carbocycles. The number of methoxy groups -OCH3 is 1. The van der Waals surface area contributed by atoms with Crippen molar-refractivity contribution < 1.29 is 23.0 Å². The van der Waals surface area contributed by atoms with E-state index in [0.717, 1.165) is 35.2 Å². The standard InChI is InChI=1S/C28H33F3N4O2.C2H6/c1-34(16-17-36)20-8-9-23-22(18-20)25(33-26(32-23)27(12-5-13-27)28(29,30)31)35-14-10-19(11-15-35)21-6-3-4-7-24(21)37-2;1-2/h3-4,6-9,18-19,36H,5,10-17H2,1-2H3;1-2H3. The fourth-order valence-corrected chi connectivity index (χ4v) is 5.64. The average molecular weight is 545 g/mol. The molecule has 1 N–H and O–H groups in total. The Balaban J connectivity index is 0.00000172. The van der Waals surface area contributed by atoms with Crippen molar-refractivity contribution in [3.05, 3.63) is 53.9 Å². The van der Waals surface area contributed by atoms with Gasteiger partial charge in [0.2, 0.25) is 0 Å². The molecule has 0 spiro atoms. The van der Waals surface area contributed by atoms with Gasteiger partial charge in [-0.15, -0.1) is 0 Å². The maximum Gasteiger partial charge on any atom is 0.401 e. The van der Waals surface area contributed by atoms with Crippen LogP contribution in [0.2, 0.25) is 0 Å². The van der Waals surface area contributed by atoms with Crippen molar-refractivity contribution in [1.29, 1.82) is 0 Å². The molecule has 1 aromatic heterocycles. The minimum absolute atomic E-state index is 0.00139. The molecule has 2 aliphatic rings. The smallest absolute Gasteiger partial charge is 0.401 e. The number of aromatic nitrogens is 2. The number of alkyl halides is 3. The number of halogens is 3. The molecule has 0 bridgehead atoms. The normalized spacial score (nSPS) is 17.3. The molecular formula is C30H39F3N4O2. The quantitative estimate of drug-likeness (QED) is 0.368. The lowest BCUT2D eigenvalue weighted by atomic mass is 9.67. The summed E-state index contributed by atoms with van der Waals surface area (Å²) < 4.78 is 48.3. The fourth-order valence-electron chi connectivity index (χ4n) is 5.64. The summed E-state index contributed by atoms with van der Waals surface area (Å²) in [5.74, 6) is 1.62. The van der Waals surface area contributed by atoms with Crippen molar-refractivity contribution >= 4 is 22.4 Å². The summed E-state index contributed by atoms with van der Waals surface area (Å²) in [4.78, 5) is 13.2. The van der Waals surface area contributed by atoms with Gasteiger partial charge in [-0.1, -0.05) is 38.5 Å². The number of nitrogens with zero attached hydrogens (tertiary/aromatic N) is 4. The molecule has 212 valence electrons. The number of aliphatic hydroxyl groups excluding tert-OH is 1. The Morgan fingerprint density at radius 2 is 1.77 bits per heavy atom. The Hall–Kier alpha value is -3.07. The third kappa shape index (κ3) is 5.51. The second-order valence-electron chi connectivity index (χ2n) is 10.2. The first kappa shape index (κ1) is 28.9. The van der Waals surface area contributed by atoms with Crippen molar-refractivity contribution in [3.8, 4) is 5.75 Å². The molecule has 3 aromatic rings. The molecule has 1 aliphatic heterocycles. The van der Waals surface area contributed by atoms with E-state index in [0.29, 0.717) is 43.3 Å². The highest BCUT2D eigenvalue weighted by atomic mass is 19.4. The van der Waals surface area contributed by atoms with Crippen molar-refractivity contribution in [3.63, 3.8) is 0 Å². The Morgan fingerprint density at radius 3 is 2.36 bits per heavy atom. The summed E-state index contributed by atoms with van der Waals surface area (Å²) in [5.41, 5.74) is 0.565. The first-order valence-corrected chi connectivity index (χ1v) is 13.9. The van der Waals surface area contributed by atoms with Gasteiger partial charge in [-0.3, -0.25) is 0 Å². The summed E-state index contributed by atoms with van der Waals surface area (Å²) in [6, 6.07) is 13.6. The number of piperidine rings is 1. The summed E-state index contributed by atoms with van der Waals surface area (Å²) in [7, 11) is 3.54. The number of fused-ring (bicyclic) bond motifs is 1.